The summed E-state index contributed by atoms with van der Waals surface area (Å²) in [6.45, 7) is 1.18. The zero-order valence-corrected chi connectivity index (χ0v) is 7.82. The number of nitrogens with zero attached hydrogens (tertiary/aromatic N) is 1. The van der Waals surface area contributed by atoms with E-state index in [4.69, 9.17) is 5.21 Å². The first-order valence-electron chi connectivity index (χ1n) is 4.66. The van der Waals surface area contributed by atoms with Crippen molar-refractivity contribution in [3.05, 3.63) is 0 Å². The fourth-order valence-electron chi connectivity index (χ4n) is 1.68. The van der Waals surface area contributed by atoms with Crippen molar-refractivity contribution in [2.45, 2.75) is 39.0 Å². The Bertz CT molecular complexity index is 209. The summed E-state index contributed by atoms with van der Waals surface area (Å²) in [6.07, 6.45) is 4.77. The van der Waals surface area contributed by atoms with Crippen LogP contribution in [-0.4, -0.2) is 22.1 Å². The van der Waals surface area contributed by atoms with Gasteiger partial charge in [-0.3, -0.25) is 14.8 Å². The van der Waals surface area contributed by atoms with Crippen LogP contribution in [0.1, 0.15) is 39.0 Å². The molecule has 0 aliphatic heterocycles. The molecule has 4 heteroatoms. The first-order chi connectivity index (χ1) is 6.13. The molecular weight excluding hydrogens is 170 g/mol. The van der Waals surface area contributed by atoms with Crippen LogP contribution in [0.3, 0.4) is 0 Å². The molecule has 1 N–H and O–H groups in total. The van der Waals surface area contributed by atoms with Gasteiger partial charge in [-0.2, -0.15) is 5.06 Å². The monoisotopic (exact) mass is 185 g/mol. The van der Waals surface area contributed by atoms with Crippen molar-refractivity contribution in [1.29, 1.82) is 0 Å². The van der Waals surface area contributed by atoms with E-state index < -0.39 is 11.8 Å². The molecular formula is C9H15NO3. The number of rotatable bonds is 1. The van der Waals surface area contributed by atoms with E-state index in [2.05, 4.69) is 0 Å². The molecule has 1 rings (SSSR count). The summed E-state index contributed by atoms with van der Waals surface area (Å²) in [5.74, 6) is -1.19. The molecule has 0 bridgehead atoms. The molecule has 1 fully saturated rings. The van der Waals surface area contributed by atoms with Crippen molar-refractivity contribution in [2.24, 2.45) is 5.92 Å². The van der Waals surface area contributed by atoms with E-state index in [0.717, 1.165) is 32.1 Å². The van der Waals surface area contributed by atoms with Crippen LogP contribution in [0.5, 0.6) is 0 Å². The fourth-order valence-corrected chi connectivity index (χ4v) is 1.68. The van der Waals surface area contributed by atoms with Gasteiger partial charge >= 0.3 is 0 Å². The molecule has 13 heavy (non-hydrogen) atoms. The van der Waals surface area contributed by atoms with Gasteiger partial charge in [-0.05, 0) is 12.8 Å². The van der Waals surface area contributed by atoms with Gasteiger partial charge in [0, 0.05) is 12.8 Å². The third-order valence-electron chi connectivity index (χ3n) is 2.46. The van der Waals surface area contributed by atoms with Crippen molar-refractivity contribution in [1.82, 2.24) is 5.06 Å². The maximum atomic E-state index is 11.4. The third kappa shape index (κ3) is 2.52. The summed E-state index contributed by atoms with van der Waals surface area (Å²) in [6, 6.07) is 0. The number of hydrogen-bond donors (Lipinski definition) is 1. The van der Waals surface area contributed by atoms with Crippen LogP contribution >= 0.6 is 0 Å². The molecule has 4 nitrogen and oxygen atoms in total. The van der Waals surface area contributed by atoms with Gasteiger partial charge in [-0.25, -0.2) is 0 Å². The van der Waals surface area contributed by atoms with Gasteiger partial charge in [-0.1, -0.05) is 19.3 Å². The minimum atomic E-state index is -0.601. The third-order valence-corrected chi connectivity index (χ3v) is 2.46. The Hall–Kier alpha value is -0.900. The molecule has 0 aromatic rings. The molecule has 0 aromatic heterocycles. The smallest absolute Gasteiger partial charge is 0.256 e. The second-order valence-electron chi connectivity index (χ2n) is 3.50. The van der Waals surface area contributed by atoms with Gasteiger partial charge in [0.2, 0.25) is 5.91 Å². The highest BCUT2D eigenvalue weighted by Crippen LogP contribution is 2.24. The topological polar surface area (TPSA) is 57.6 Å². The number of carbonyl (C=O) groups is 2. The Kier molecular flexibility index (Phi) is 3.42. The van der Waals surface area contributed by atoms with Crippen LogP contribution in [0.2, 0.25) is 0 Å². The highest BCUT2D eigenvalue weighted by atomic mass is 16.5. The highest BCUT2D eigenvalue weighted by molar-refractivity contribution is 5.93. The molecule has 2 amide bonds. The van der Waals surface area contributed by atoms with Crippen LogP contribution in [0.15, 0.2) is 0 Å². The maximum Gasteiger partial charge on any atom is 0.256 e. The lowest BCUT2D eigenvalue weighted by Crippen LogP contribution is -2.37. The van der Waals surface area contributed by atoms with Crippen LogP contribution in [0.25, 0.3) is 0 Å². The predicted molar refractivity (Wildman–Crippen MR) is 45.9 cm³/mol. The van der Waals surface area contributed by atoms with Gasteiger partial charge < -0.3 is 0 Å². The Morgan fingerprint density at radius 2 is 1.77 bits per heavy atom. The van der Waals surface area contributed by atoms with E-state index in [9.17, 15) is 9.59 Å². The zero-order chi connectivity index (χ0) is 9.84. The van der Waals surface area contributed by atoms with Crippen molar-refractivity contribution in [2.75, 3.05) is 0 Å². The van der Waals surface area contributed by atoms with E-state index in [-0.39, 0.29) is 11.0 Å². The van der Waals surface area contributed by atoms with Crippen LogP contribution in [0, 0.1) is 5.92 Å². The van der Waals surface area contributed by atoms with E-state index >= 15 is 0 Å². The van der Waals surface area contributed by atoms with Gasteiger partial charge in [0.1, 0.15) is 0 Å². The number of carbonyl (C=O) groups excluding carboxylic acids is 2. The lowest BCUT2D eigenvalue weighted by Gasteiger charge is -2.22. The summed E-state index contributed by atoms with van der Waals surface area (Å²) in [7, 11) is 0. The molecule has 0 atom stereocenters. The SMILES string of the molecule is CC(=O)N(O)C(=O)C1CCCCC1. The average molecular weight is 185 g/mol. The number of hydroxylamine groups is 2. The molecule has 1 aliphatic rings. The van der Waals surface area contributed by atoms with Crippen LogP contribution < -0.4 is 0 Å². The van der Waals surface area contributed by atoms with E-state index in [1.807, 2.05) is 0 Å². The minimum Gasteiger partial charge on any atom is -0.279 e. The van der Waals surface area contributed by atoms with Crippen molar-refractivity contribution < 1.29 is 14.8 Å². The number of imide groups is 1. The Morgan fingerprint density at radius 1 is 1.23 bits per heavy atom. The van der Waals surface area contributed by atoms with E-state index in [1.165, 1.54) is 6.92 Å². The molecule has 1 aliphatic carbocycles. The van der Waals surface area contributed by atoms with E-state index in [1.54, 1.807) is 0 Å². The Morgan fingerprint density at radius 3 is 2.23 bits per heavy atom. The van der Waals surface area contributed by atoms with Crippen LogP contribution in [0.4, 0.5) is 0 Å². The molecule has 74 valence electrons. The second kappa shape index (κ2) is 4.37. The second-order valence-corrected chi connectivity index (χ2v) is 3.50. The standard InChI is InChI=1S/C9H15NO3/c1-7(11)10(13)9(12)8-5-3-2-4-6-8/h8,13H,2-6H2,1H3. The summed E-state index contributed by atoms with van der Waals surface area (Å²) in [5, 5.41) is 9.33. The summed E-state index contributed by atoms with van der Waals surface area (Å²) in [4.78, 5) is 22.1. The Balaban J connectivity index is 2.50. The molecule has 0 aromatic carbocycles. The Labute approximate surface area is 77.5 Å². The first-order valence-corrected chi connectivity index (χ1v) is 4.66. The van der Waals surface area contributed by atoms with E-state index in [0.29, 0.717) is 0 Å². The fraction of sp³-hybridized carbons (Fsp3) is 0.778. The summed E-state index contributed by atoms with van der Waals surface area (Å²) >= 11 is 0. The molecule has 0 radical (unpaired) electrons. The zero-order valence-electron chi connectivity index (χ0n) is 7.82. The molecule has 0 heterocycles. The predicted octanol–water partition coefficient (Wildman–Crippen LogP) is 1.33. The molecule has 0 unspecified atom stereocenters. The molecule has 0 saturated heterocycles. The largest absolute Gasteiger partial charge is 0.279 e. The van der Waals surface area contributed by atoms with Gasteiger partial charge in [0.25, 0.3) is 5.91 Å². The van der Waals surface area contributed by atoms with Gasteiger partial charge in [0.05, 0.1) is 0 Å². The first kappa shape index (κ1) is 10.2. The highest BCUT2D eigenvalue weighted by Gasteiger charge is 2.27. The molecule has 0 spiro atoms. The summed E-state index contributed by atoms with van der Waals surface area (Å²) < 4.78 is 0. The minimum absolute atomic E-state index is 0.150. The van der Waals surface area contributed by atoms with Crippen molar-refractivity contribution in [3.8, 4) is 0 Å². The van der Waals surface area contributed by atoms with Crippen molar-refractivity contribution in [3.63, 3.8) is 0 Å². The maximum absolute atomic E-state index is 11.4. The average Bonchev–Trinajstić information content (AvgIpc) is 2.17. The number of amides is 2. The van der Waals surface area contributed by atoms with Crippen molar-refractivity contribution >= 4 is 11.8 Å². The quantitative estimate of drug-likeness (QED) is 0.495. The normalized spacial score (nSPS) is 18.3. The van der Waals surface area contributed by atoms with Gasteiger partial charge in [-0.15, -0.1) is 0 Å². The van der Waals surface area contributed by atoms with Crippen LogP contribution in [-0.2, 0) is 9.59 Å². The summed E-state index contributed by atoms with van der Waals surface area (Å²) in [5.41, 5.74) is 0. The lowest BCUT2D eigenvalue weighted by atomic mass is 9.88. The number of hydrogen-bond acceptors (Lipinski definition) is 3. The molecule has 1 saturated carbocycles. The lowest BCUT2D eigenvalue weighted by molar-refractivity contribution is -0.181. The van der Waals surface area contributed by atoms with Gasteiger partial charge in [0.15, 0.2) is 0 Å².